The number of carbonyl (C=O) groups is 1. The van der Waals surface area contributed by atoms with E-state index in [-0.39, 0.29) is 24.4 Å². The first-order valence-electron chi connectivity index (χ1n) is 4.77. The van der Waals surface area contributed by atoms with Gasteiger partial charge in [-0.3, -0.25) is 14.9 Å². The average molecular weight is 242 g/mol. The van der Waals surface area contributed by atoms with Crippen LogP contribution in [0.4, 0.5) is 10.1 Å². The molecule has 0 saturated heterocycles. The first-order chi connectivity index (χ1) is 7.97. The molecule has 0 fully saturated rings. The number of aliphatic hydroxyl groups excluding tert-OH is 1. The van der Waals surface area contributed by atoms with Gasteiger partial charge in [-0.25, -0.2) is 4.39 Å². The van der Waals surface area contributed by atoms with Crippen molar-refractivity contribution in [2.45, 2.75) is 0 Å². The van der Waals surface area contributed by atoms with Crippen molar-refractivity contribution in [1.82, 2.24) is 4.90 Å². The lowest BCUT2D eigenvalue weighted by molar-refractivity contribution is -0.384. The molecular formula is C10H11FN2O4. The van der Waals surface area contributed by atoms with Crippen LogP contribution in [0.5, 0.6) is 0 Å². The molecule has 0 aliphatic rings. The van der Waals surface area contributed by atoms with Crippen molar-refractivity contribution in [3.63, 3.8) is 0 Å². The van der Waals surface area contributed by atoms with Crippen LogP contribution in [0.2, 0.25) is 0 Å². The highest BCUT2D eigenvalue weighted by atomic mass is 19.1. The number of halogens is 1. The summed E-state index contributed by atoms with van der Waals surface area (Å²) in [6, 6.07) is 2.74. The standard InChI is InChI=1S/C10H11FN2O4/c1-12(4-5-14)10(15)8-6-7(13(16)17)2-3-9(8)11/h2-3,6,14H,4-5H2,1H3. The summed E-state index contributed by atoms with van der Waals surface area (Å²) in [5.41, 5.74) is -0.734. The zero-order chi connectivity index (χ0) is 13.0. The Hall–Kier alpha value is -2.02. The molecule has 0 radical (unpaired) electrons. The fraction of sp³-hybridized carbons (Fsp3) is 0.300. The van der Waals surface area contributed by atoms with Crippen molar-refractivity contribution in [3.05, 3.63) is 39.7 Å². The number of amides is 1. The topological polar surface area (TPSA) is 83.7 Å². The molecule has 0 heterocycles. The summed E-state index contributed by atoms with van der Waals surface area (Å²) in [6.45, 7) is -0.236. The van der Waals surface area contributed by atoms with Gasteiger partial charge in [0.15, 0.2) is 0 Å². The van der Waals surface area contributed by atoms with Crippen molar-refractivity contribution in [2.75, 3.05) is 20.2 Å². The number of non-ortho nitro benzene ring substituents is 1. The monoisotopic (exact) mass is 242 g/mol. The van der Waals surface area contributed by atoms with E-state index in [9.17, 15) is 19.3 Å². The molecule has 1 rings (SSSR count). The van der Waals surface area contributed by atoms with E-state index in [1.54, 1.807) is 0 Å². The Labute approximate surface area is 96.4 Å². The Morgan fingerprint density at radius 3 is 2.76 bits per heavy atom. The zero-order valence-corrected chi connectivity index (χ0v) is 9.09. The summed E-state index contributed by atoms with van der Waals surface area (Å²) in [5, 5.41) is 19.1. The van der Waals surface area contributed by atoms with E-state index in [0.29, 0.717) is 0 Å². The van der Waals surface area contributed by atoms with Gasteiger partial charge in [0, 0.05) is 25.7 Å². The molecule has 17 heavy (non-hydrogen) atoms. The van der Waals surface area contributed by atoms with Gasteiger partial charge in [-0.1, -0.05) is 0 Å². The van der Waals surface area contributed by atoms with Crippen molar-refractivity contribution in [2.24, 2.45) is 0 Å². The first kappa shape index (κ1) is 13.0. The van der Waals surface area contributed by atoms with E-state index in [2.05, 4.69) is 0 Å². The van der Waals surface area contributed by atoms with E-state index in [4.69, 9.17) is 5.11 Å². The van der Waals surface area contributed by atoms with Gasteiger partial charge in [0.25, 0.3) is 11.6 Å². The highest BCUT2D eigenvalue weighted by Crippen LogP contribution is 2.17. The van der Waals surface area contributed by atoms with Crippen LogP contribution in [0.1, 0.15) is 10.4 Å². The summed E-state index contributed by atoms with van der Waals surface area (Å²) in [4.78, 5) is 22.6. The second kappa shape index (κ2) is 5.35. The van der Waals surface area contributed by atoms with Crippen molar-refractivity contribution >= 4 is 11.6 Å². The van der Waals surface area contributed by atoms with Crippen LogP contribution in [-0.2, 0) is 0 Å². The van der Waals surface area contributed by atoms with E-state index < -0.39 is 16.6 Å². The Bertz CT molecular complexity index is 450. The van der Waals surface area contributed by atoms with Gasteiger partial charge in [0.05, 0.1) is 17.1 Å². The predicted molar refractivity (Wildman–Crippen MR) is 57.1 cm³/mol. The second-order valence-electron chi connectivity index (χ2n) is 3.37. The van der Waals surface area contributed by atoms with Crippen molar-refractivity contribution in [1.29, 1.82) is 0 Å². The van der Waals surface area contributed by atoms with E-state index >= 15 is 0 Å². The van der Waals surface area contributed by atoms with Crippen LogP contribution in [0.3, 0.4) is 0 Å². The minimum atomic E-state index is -0.828. The molecule has 1 N–H and O–H groups in total. The zero-order valence-electron chi connectivity index (χ0n) is 9.09. The third-order valence-electron chi connectivity index (χ3n) is 2.17. The van der Waals surface area contributed by atoms with E-state index in [1.165, 1.54) is 7.05 Å². The van der Waals surface area contributed by atoms with Gasteiger partial charge in [-0.15, -0.1) is 0 Å². The molecule has 0 aromatic heterocycles. The lowest BCUT2D eigenvalue weighted by Crippen LogP contribution is -2.30. The molecule has 0 bridgehead atoms. The summed E-state index contributed by atoms with van der Waals surface area (Å²) >= 11 is 0. The highest BCUT2D eigenvalue weighted by molar-refractivity contribution is 5.94. The highest BCUT2D eigenvalue weighted by Gasteiger charge is 2.19. The number of nitrogens with zero attached hydrogens (tertiary/aromatic N) is 2. The van der Waals surface area contributed by atoms with E-state index in [0.717, 1.165) is 23.1 Å². The maximum absolute atomic E-state index is 13.4. The third kappa shape index (κ3) is 2.97. The molecule has 0 aliphatic heterocycles. The maximum Gasteiger partial charge on any atom is 0.270 e. The number of benzene rings is 1. The first-order valence-corrected chi connectivity index (χ1v) is 4.77. The number of rotatable bonds is 4. The van der Waals surface area contributed by atoms with Crippen LogP contribution in [0.15, 0.2) is 18.2 Å². The third-order valence-corrected chi connectivity index (χ3v) is 2.17. The second-order valence-corrected chi connectivity index (χ2v) is 3.37. The minimum Gasteiger partial charge on any atom is -0.395 e. The molecule has 0 aliphatic carbocycles. The van der Waals surface area contributed by atoms with Crippen molar-refractivity contribution < 1.29 is 19.2 Å². The molecule has 1 aromatic carbocycles. The Morgan fingerprint density at radius 1 is 1.59 bits per heavy atom. The summed E-state index contributed by atoms with van der Waals surface area (Å²) in [7, 11) is 1.37. The molecule has 7 heteroatoms. The van der Waals surface area contributed by atoms with Crippen LogP contribution in [0.25, 0.3) is 0 Å². The SMILES string of the molecule is CN(CCO)C(=O)c1cc([N+](=O)[O-])ccc1F. The summed E-state index contributed by atoms with van der Waals surface area (Å²) in [5.74, 6) is -1.54. The normalized spacial score (nSPS) is 10.1. The van der Waals surface area contributed by atoms with Gasteiger partial charge in [-0.2, -0.15) is 0 Å². The van der Waals surface area contributed by atoms with Crippen LogP contribution in [0, 0.1) is 15.9 Å². The van der Waals surface area contributed by atoms with Crippen LogP contribution < -0.4 is 0 Å². The van der Waals surface area contributed by atoms with Crippen LogP contribution in [-0.4, -0.2) is 41.0 Å². The molecular weight excluding hydrogens is 231 g/mol. The van der Waals surface area contributed by atoms with Gasteiger partial charge in [0.1, 0.15) is 5.82 Å². The number of nitro groups is 1. The fourth-order valence-corrected chi connectivity index (χ4v) is 1.25. The lowest BCUT2D eigenvalue weighted by Gasteiger charge is -2.15. The number of nitro benzene ring substituents is 1. The Morgan fingerprint density at radius 2 is 2.24 bits per heavy atom. The van der Waals surface area contributed by atoms with Gasteiger partial charge in [0.2, 0.25) is 0 Å². The minimum absolute atomic E-state index is 0.0287. The van der Waals surface area contributed by atoms with Crippen molar-refractivity contribution in [3.8, 4) is 0 Å². The number of aliphatic hydroxyl groups is 1. The number of hydrogen-bond acceptors (Lipinski definition) is 4. The van der Waals surface area contributed by atoms with E-state index in [1.807, 2.05) is 0 Å². The number of likely N-dealkylation sites (N-methyl/N-ethyl adjacent to an activating group) is 1. The molecule has 0 spiro atoms. The fourth-order valence-electron chi connectivity index (χ4n) is 1.25. The molecule has 6 nitrogen and oxygen atoms in total. The Balaban J connectivity index is 3.07. The number of carbonyl (C=O) groups excluding carboxylic acids is 1. The molecule has 1 aromatic rings. The summed E-state index contributed by atoms with van der Waals surface area (Å²) in [6.07, 6.45) is 0. The lowest BCUT2D eigenvalue weighted by atomic mass is 10.1. The van der Waals surface area contributed by atoms with Gasteiger partial charge >= 0.3 is 0 Å². The predicted octanol–water partition coefficient (Wildman–Crippen LogP) is 0.798. The molecule has 92 valence electrons. The average Bonchev–Trinajstić information content (AvgIpc) is 2.28. The van der Waals surface area contributed by atoms with Gasteiger partial charge < -0.3 is 10.0 Å². The molecule has 0 atom stereocenters. The van der Waals surface area contributed by atoms with Gasteiger partial charge in [-0.05, 0) is 6.07 Å². The summed E-state index contributed by atoms with van der Waals surface area (Å²) < 4.78 is 13.4. The Kier molecular flexibility index (Phi) is 4.11. The largest absolute Gasteiger partial charge is 0.395 e. The molecule has 0 saturated carbocycles. The molecule has 0 unspecified atom stereocenters. The smallest absolute Gasteiger partial charge is 0.270 e. The molecule has 1 amide bonds. The van der Waals surface area contributed by atoms with Crippen LogP contribution >= 0.6 is 0 Å². The number of hydrogen-bond donors (Lipinski definition) is 1. The quantitative estimate of drug-likeness (QED) is 0.625. The maximum atomic E-state index is 13.4.